The van der Waals surface area contributed by atoms with E-state index in [1.165, 1.54) is 0 Å². The minimum atomic E-state index is -0.288. The van der Waals surface area contributed by atoms with E-state index in [1.54, 1.807) is 12.4 Å². The van der Waals surface area contributed by atoms with Crippen LogP contribution >= 0.6 is 0 Å². The molecule has 0 spiro atoms. The summed E-state index contributed by atoms with van der Waals surface area (Å²) in [6, 6.07) is 0. The van der Waals surface area contributed by atoms with Crippen LogP contribution in [0.15, 0.2) is 17.2 Å². The Kier molecular flexibility index (Phi) is 5.00. The van der Waals surface area contributed by atoms with Gasteiger partial charge in [0.2, 0.25) is 0 Å². The number of hydrogen-bond donors (Lipinski definition) is 1. The number of aromatic nitrogens is 2. The third kappa shape index (κ3) is 3.32. The molecular formula is C9H16N2O. The van der Waals surface area contributed by atoms with Crippen LogP contribution in [0.5, 0.6) is 0 Å². The molecule has 0 bridgehead atoms. The Bertz CT molecular complexity index is 245. The summed E-state index contributed by atoms with van der Waals surface area (Å²) in [4.78, 5) is 16.6. The molecule has 1 rings (SSSR count). The van der Waals surface area contributed by atoms with Gasteiger partial charge in [-0.1, -0.05) is 27.7 Å². The van der Waals surface area contributed by atoms with Crippen molar-refractivity contribution < 1.29 is 0 Å². The summed E-state index contributed by atoms with van der Waals surface area (Å²) in [7, 11) is 0. The zero-order valence-corrected chi connectivity index (χ0v) is 8.09. The lowest BCUT2D eigenvalue weighted by Crippen LogP contribution is -2.09. The highest BCUT2D eigenvalue weighted by molar-refractivity contribution is 5.06. The molecule has 0 saturated heterocycles. The quantitative estimate of drug-likeness (QED) is 0.696. The molecule has 12 heavy (non-hydrogen) atoms. The van der Waals surface area contributed by atoms with Crippen molar-refractivity contribution in [1.29, 1.82) is 0 Å². The van der Waals surface area contributed by atoms with Gasteiger partial charge in [0.1, 0.15) is 0 Å². The van der Waals surface area contributed by atoms with Crippen molar-refractivity contribution in [1.82, 2.24) is 9.97 Å². The molecule has 0 aliphatic rings. The molecular weight excluding hydrogens is 152 g/mol. The molecule has 1 N–H and O–H groups in total. The Balaban J connectivity index is 0.000000561. The molecule has 0 aliphatic carbocycles. The average Bonchev–Trinajstić information content (AvgIpc) is 2.09. The van der Waals surface area contributed by atoms with E-state index in [9.17, 15) is 4.79 Å². The Morgan fingerprint density at radius 1 is 1.42 bits per heavy atom. The lowest BCUT2D eigenvalue weighted by molar-refractivity contribution is 0.838. The van der Waals surface area contributed by atoms with Gasteiger partial charge in [-0.05, 0) is 11.5 Å². The van der Waals surface area contributed by atoms with Gasteiger partial charge in [0, 0.05) is 12.4 Å². The normalized spacial score (nSPS) is 9.08. The standard InChI is InChI=1S/C7H10N2O.C2H6/c1-5(2)6-3-8-7(10)9-4-6;1-2/h3-5H,1-2H3,(H,8,9,10);1-2H3. The summed E-state index contributed by atoms with van der Waals surface area (Å²) >= 11 is 0. The van der Waals surface area contributed by atoms with Crippen molar-refractivity contribution in [2.75, 3.05) is 0 Å². The largest absolute Gasteiger partial charge is 0.344 e. The van der Waals surface area contributed by atoms with Gasteiger partial charge in [-0.2, -0.15) is 0 Å². The second kappa shape index (κ2) is 5.52. The highest BCUT2D eigenvalue weighted by atomic mass is 16.1. The third-order valence-electron chi connectivity index (χ3n) is 1.36. The van der Waals surface area contributed by atoms with Crippen LogP contribution in [0.3, 0.4) is 0 Å². The van der Waals surface area contributed by atoms with Crippen LogP contribution in [0.1, 0.15) is 39.2 Å². The summed E-state index contributed by atoms with van der Waals surface area (Å²) < 4.78 is 0. The SMILES string of the molecule is CC.CC(C)c1cnc(=O)[nH]c1. The van der Waals surface area contributed by atoms with Gasteiger partial charge in [0.05, 0.1) is 0 Å². The van der Waals surface area contributed by atoms with E-state index in [1.807, 2.05) is 13.8 Å². The van der Waals surface area contributed by atoms with Crippen LogP contribution in [0, 0.1) is 0 Å². The number of H-pyrrole nitrogens is 1. The first-order chi connectivity index (χ1) is 5.70. The van der Waals surface area contributed by atoms with Crippen molar-refractivity contribution in [3.05, 3.63) is 28.4 Å². The number of rotatable bonds is 1. The van der Waals surface area contributed by atoms with Crippen molar-refractivity contribution in [2.45, 2.75) is 33.6 Å². The maximum absolute atomic E-state index is 10.5. The predicted octanol–water partition coefficient (Wildman–Crippen LogP) is 1.92. The summed E-state index contributed by atoms with van der Waals surface area (Å²) in [5.74, 6) is 0.421. The van der Waals surface area contributed by atoms with E-state index in [4.69, 9.17) is 0 Å². The van der Waals surface area contributed by atoms with E-state index in [2.05, 4.69) is 23.8 Å². The molecule has 68 valence electrons. The number of nitrogens with one attached hydrogen (secondary N) is 1. The Morgan fingerprint density at radius 3 is 2.33 bits per heavy atom. The first-order valence-corrected chi connectivity index (χ1v) is 4.25. The third-order valence-corrected chi connectivity index (χ3v) is 1.36. The van der Waals surface area contributed by atoms with E-state index in [0.29, 0.717) is 5.92 Å². The lowest BCUT2D eigenvalue weighted by atomic mass is 10.1. The Hall–Kier alpha value is -1.12. The lowest BCUT2D eigenvalue weighted by Gasteiger charge is -2.00. The fourth-order valence-corrected chi connectivity index (χ4v) is 0.669. The zero-order valence-electron chi connectivity index (χ0n) is 8.09. The van der Waals surface area contributed by atoms with Crippen molar-refractivity contribution in [2.24, 2.45) is 0 Å². The Morgan fingerprint density at radius 2 is 2.00 bits per heavy atom. The highest BCUT2D eigenvalue weighted by Gasteiger charge is 1.96. The van der Waals surface area contributed by atoms with Crippen molar-refractivity contribution in [3.8, 4) is 0 Å². The van der Waals surface area contributed by atoms with Gasteiger partial charge in [0.15, 0.2) is 0 Å². The first kappa shape index (κ1) is 10.9. The van der Waals surface area contributed by atoms with Gasteiger partial charge in [-0.3, -0.25) is 0 Å². The fourth-order valence-electron chi connectivity index (χ4n) is 0.669. The van der Waals surface area contributed by atoms with E-state index >= 15 is 0 Å². The van der Waals surface area contributed by atoms with Crippen LogP contribution in [0.2, 0.25) is 0 Å². The fraction of sp³-hybridized carbons (Fsp3) is 0.556. The molecule has 1 heterocycles. The van der Waals surface area contributed by atoms with Crippen molar-refractivity contribution >= 4 is 0 Å². The molecule has 0 aliphatic heterocycles. The van der Waals surface area contributed by atoms with Crippen LogP contribution in [-0.2, 0) is 0 Å². The van der Waals surface area contributed by atoms with Crippen LogP contribution in [-0.4, -0.2) is 9.97 Å². The second-order valence-electron chi connectivity index (χ2n) is 2.51. The zero-order chi connectivity index (χ0) is 9.56. The minimum Gasteiger partial charge on any atom is -0.312 e. The van der Waals surface area contributed by atoms with E-state index in [-0.39, 0.29) is 5.69 Å². The number of nitrogens with zero attached hydrogens (tertiary/aromatic N) is 1. The Labute approximate surface area is 72.9 Å². The summed E-state index contributed by atoms with van der Waals surface area (Å²) in [5, 5.41) is 0. The molecule has 1 aromatic heterocycles. The molecule has 0 unspecified atom stereocenters. The molecule has 3 heteroatoms. The van der Waals surface area contributed by atoms with Crippen LogP contribution < -0.4 is 5.69 Å². The van der Waals surface area contributed by atoms with Gasteiger partial charge in [0.25, 0.3) is 0 Å². The molecule has 0 saturated carbocycles. The molecule has 0 amide bonds. The molecule has 0 fully saturated rings. The van der Waals surface area contributed by atoms with E-state index < -0.39 is 0 Å². The highest BCUT2D eigenvalue weighted by Crippen LogP contribution is 2.08. The summed E-state index contributed by atoms with van der Waals surface area (Å²) in [5.41, 5.74) is 0.768. The van der Waals surface area contributed by atoms with Crippen LogP contribution in [0.25, 0.3) is 0 Å². The minimum absolute atomic E-state index is 0.288. The second-order valence-corrected chi connectivity index (χ2v) is 2.51. The smallest absolute Gasteiger partial charge is 0.312 e. The number of aromatic amines is 1. The summed E-state index contributed by atoms with van der Waals surface area (Å²) in [6.45, 7) is 8.10. The molecule has 1 aromatic rings. The monoisotopic (exact) mass is 168 g/mol. The first-order valence-electron chi connectivity index (χ1n) is 4.25. The van der Waals surface area contributed by atoms with Gasteiger partial charge in [-0.15, -0.1) is 0 Å². The maximum Gasteiger partial charge on any atom is 0.344 e. The molecule has 0 aromatic carbocycles. The van der Waals surface area contributed by atoms with Crippen molar-refractivity contribution in [3.63, 3.8) is 0 Å². The van der Waals surface area contributed by atoms with E-state index in [0.717, 1.165) is 5.56 Å². The predicted molar refractivity (Wildman–Crippen MR) is 50.3 cm³/mol. The topological polar surface area (TPSA) is 45.8 Å². The van der Waals surface area contributed by atoms with Gasteiger partial charge < -0.3 is 4.98 Å². The molecule has 0 radical (unpaired) electrons. The molecule has 0 atom stereocenters. The average molecular weight is 168 g/mol. The summed E-state index contributed by atoms with van der Waals surface area (Å²) in [6.07, 6.45) is 3.30. The molecule has 3 nitrogen and oxygen atoms in total. The van der Waals surface area contributed by atoms with Gasteiger partial charge in [-0.25, -0.2) is 9.78 Å². The van der Waals surface area contributed by atoms with Crippen LogP contribution in [0.4, 0.5) is 0 Å². The maximum atomic E-state index is 10.5. The van der Waals surface area contributed by atoms with Gasteiger partial charge >= 0.3 is 5.69 Å². The number of hydrogen-bond acceptors (Lipinski definition) is 2.